The zero-order valence-electron chi connectivity index (χ0n) is 18.2. The molecular weight excluding hydrogens is 394 g/mol. The first-order chi connectivity index (χ1) is 15.1. The standard InChI is InChI=1S/C25H27NO5/c1-15-23-17(13-26(14-30-23)18-8-4-5-9-18)11-19-22(27)21(31-24(15)19)12-16-7-6-10-20(28-2)25(16)29-3/h6-7,10-12,18H,4-5,8-9,13-14H2,1-3H3/b21-12-. The molecule has 0 N–H and O–H groups in total. The number of nitrogens with zero attached hydrogens (tertiary/aromatic N) is 1. The van der Waals surface area contributed by atoms with E-state index >= 15 is 0 Å². The molecule has 0 aromatic heterocycles. The molecule has 31 heavy (non-hydrogen) atoms. The predicted molar refractivity (Wildman–Crippen MR) is 117 cm³/mol. The van der Waals surface area contributed by atoms with Crippen LogP contribution in [0, 0.1) is 6.92 Å². The molecule has 5 rings (SSSR count). The second-order valence-electron chi connectivity index (χ2n) is 8.35. The number of benzene rings is 2. The lowest BCUT2D eigenvalue weighted by molar-refractivity contribution is 0.0570. The van der Waals surface area contributed by atoms with Crippen LogP contribution in [0.3, 0.4) is 0 Å². The van der Waals surface area contributed by atoms with E-state index in [1.165, 1.54) is 25.7 Å². The second-order valence-corrected chi connectivity index (χ2v) is 8.35. The minimum absolute atomic E-state index is 0.122. The van der Waals surface area contributed by atoms with E-state index in [1.807, 2.05) is 31.2 Å². The zero-order valence-corrected chi connectivity index (χ0v) is 18.2. The first-order valence-corrected chi connectivity index (χ1v) is 10.8. The van der Waals surface area contributed by atoms with Crippen molar-refractivity contribution in [1.82, 2.24) is 4.90 Å². The zero-order chi connectivity index (χ0) is 21.5. The summed E-state index contributed by atoms with van der Waals surface area (Å²) in [5.74, 6) is 2.76. The van der Waals surface area contributed by atoms with E-state index in [2.05, 4.69) is 4.90 Å². The van der Waals surface area contributed by atoms with Crippen molar-refractivity contribution in [3.8, 4) is 23.0 Å². The van der Waals surface area contributed by atoms with E-state index < -0.39 is 0 Å². The van der Waals surface area contributed by atoms with Gasteiger partial charge < -0.3 is 18.9 Å². The molecule has 2 aromatic rings. The van der Waals surface area contributed by atoms with E-state index in [-0.39, 0.29) is 11.5 Å². The Bertz CT molecular complexity index is 1070. The third-order valence-corrected chi connectivity index (χ3v) is 6.53. The molecule has 3 aliphatic rings. The fraction of sp³-hybridized carbons (Fsp3) is 0.400. The summed E-state index contributed by atoms with van der Waals surface area (Å²) in [7, 11) is 3.17. The average molecular weight is 421 g/mol. The van der Waals surface area contributed by atoms with Crippen LogP contribution in [-0.2, 0) is 6.54 Å². The van der Waals surface area contributed by atoms with Crippen molar-refractivity contribution in [2.24, 2.45) is 0 Å². The highest BCUT2D eigenvalue weighted by Crippen LogP contribution is 2.44. The molecule has 162 valence electrons. The van der Waals surface area contributed by atoms with Crippen LogP contribution in [0.5, 0.6) is 23.0 Å². The summed E-state index contributed by atoms with van der Waals surface area (Å²) >= 11 is 0. The molecule has 2 heterocycles. The van der Waals surface area contributed by atoms with Crippen LogP contribution in [0.1, 0.15) is 52.7 Å². The number of ketones is 1. The van der Waals surface area contributed by atoms with Crippen molar-refractivity contribution >= 4 is 11.9 Å². The van der Waals surface area contributed by atoms with Crippen LogP contribution >= 0.6 is 0 Å². The first-order valence-electron chi connectivity index (χ1n) is 10.8. The van der Waals surface area contributed by atoms with Gasteiger partial charge in [0, 0.05) is 29.3 Å². The Balaban J connectivity index is 1.48. The molecular formula is C25H27NO5. The van der Waals surface area contributed by atoms with Crippen LogP contribution in [0.25, 0.3) is 6.08 Å². The molecule has 0 unspecified atom stereocenters. The van der Waals surface area contributed by atoms with Crippen LogP contribution < -0.4 is 18.9 Å². The highest BCUT2D eigenvalue weighted by molar-refractivity contribution is 6.15. The van der Waals surface area contributed by atoms with E-state index in [1.54, 1.807) is 20.3 Å². The first kappa shape index (κ1) is 19.9. The number of carbonyl (C=O) groups excluding carboxylic acids is 1. The van der Waals surface area contributed by atoms with Crippen molar-refractivity contribution in [3.63, 3.8) is 0 Å². The molecule has 6 nitrogen and oxygen atoms in total. The maximum absolute atomic E-state index is 13.2. The SMILES string of the molecule is COc1cccc(/C=C2\Oc3c(cc4c(c3C)OCN(C3CCCC3)C4)C2=O)c1OC. The lowest BCUT2D eigenvalue weighted by Gasteiger charge is -2.34. The molecule has 0 spiro atoms. The van der Waals surface area contributed by atoms with Gasteiger partial charge in [0.25, 0.3) is 0 Å². The van der Waals surface area contributed by atoms with E-state index in [0.717, 1.165) is 29.0 Å². The quantitative estimate of drug-likeness (QED) is 0.666. The Labute approximate surface area is 182 Å². The van der Waals surface area contributed by atoms with Gasteiger partial charge in [-0.05, 0) is 38.0 Å². The Morgan fingerprint density at radius 2 is 1.94 bits per heavy atom. The minimum atomic E-state index is -0.122. The number of ether oxygens (including phenoxy) is 4. The van der Waals surface area contributed by atoms with Gasteiger partial charge in [-0.25, -0.2) is 0 Å². The molecule has 1 saturated carbocycles. The summed E-state index contributed by atoms with van der Waals surface area (Å²) in [4.78, 5) is 15.6. The molecule has 0 amide bonds. The Kier molecular flexibility index (Phi) is 5.10. The number of allylic oxidation sites excluding steroid dienone is 1. The van der Waals surface area contributed by atoms with Crippen LogP contribution in [0.4, 0.5) is 0 Å². The normalized spacial score (nSPS) is 19.7. The summed E-state index contributed by atoms with van der Waals surface area (Å²) in [6.07, 6.45) is 6.73. The number of hydrogen-bond donors (Lipinski definition) is 0. The Morgan fingerprint density at radius 1 is 1.13 bits per heavy atom. The van der Waals surface area contributed by atoms with Gasteiger partial charge in [0.15, 0.2) is 17.3 Å². The fourth-order valence-electron chi connectivity index (χ4n) is 4.94. The molecule has 0 saturated heterocycles. The maximum Gasteiger partial charge on any atom is 0.231 e. The summed E-state index contributed by atoms with van der Waals surface area (Å²) < 4.78 is 23.0. The van der Waals surface area contributed by atoms with Crippen molar-refractivity contribution < 1.29 is 23.7 Å². The number of methoxy groups -OCH3 is 2. The van der Waals surface area contributed by atoms with Gasteiger partial charge in [0.1, 0.15) is 18.2 Å². The van der Waals surface area contributed by atoms with Gasteiger partial charge in [-0.15, -0.1) is 0 Å². The smallest absolute Gasteiger partial charge is 0.231 e. The highest BCUT2D eigenvalue weighted by atomic mass is 16.5. The topological polar surface area (TPSA) is 57.2 Å². The monoisotopic (exact) mass is 421 g/mol. The molecule has 2 aromatic carbocycles. The third kappa shape index (κ3) is 3.35. The number of para-hydroxylation sites is 1. The molecule has 1 aliphatic carbocycles. The summed E-state index contributed by atoms with van der Waals surface area (Å²) in [5, 5.41) is 0. The summed E-state index contributed by atoms with van der Waals surface area (Å²) in [6, 6.07) is 8.07. The molecule has 6 heteroatoms. The van der Waals surface area contributed by atoms with E-state index in [0.29, 0.717) is 35.6 Å². The number of fused-ring (bicyclic) bond motifs is 2. The van der Waals surface area contributed by atoms with Crippen molar-refractivity contribution in [1.29, 1.82) is 0 Å². The van der Waals surface area contributed by atoms with Crippen LogP contribution in [-0.4, -0.2) is 37.7 Å². The van der Waals surface area contributed by atoms with Crippen molar-refractivity contribution in [3.05, 3.63) is 52.3 Å². The number of rotatable bonds is 4. The fourth-order valence-corrected chi connectivity index (χ4v) is 4.94. The maximum atomic E-state index is 13.2. The highest BCUT2D eigenvalue weighted by Gasteiger charge is 2.35. The number of carbonyl (C=O) groups is 1. The van der Waals surface area contributed by atoms with Gasteiger partial charge in [0.2, 0.25) is 5.78 Å². The molecule has 0 radical (unpaired) electrons. The van der Waals surface area contributed by atoms with Gasteiger partial charge in [-0.2, -0.15) is 0 Å². The van der Waals surface area contributed by atoms with Gasteiger partial charge in [-0.1, -0.05) is 25.0 Å². The van der Waals surface area contributed by atoms with Gasteiger partial charge in [-0.3, -0.25) is 9.69 Å². The third-order valence-electron chi connectivity index (χ3n) is 6.53. The van der Waals surface area contributed by atoms with Gasteiger partial charge in [0.05, 0.1) is 19.8 Å². The molecule has 1 fully saturated rings. The van der Waals surface area contributed by atoms with Gasteiger partial charge >= 0.3 is 0 Å². The Hall–Kier alpha value is -2.99. The van der Waals surface area contributed by atoms with Crippen LogP contribution in [0.2, 0.25) is 0 Å². The number of hydrogen-bond acceptors (Lipinski definition) is 6. The number of Topliss-reactive ketones (excluding diaryl/α,β-unsaturated/α-hetero) is 1. The Morgan fingerprint density at radius 3 is 2.68 bits per heavy atom. The largest absolute Gasteiger partial charge is 0.493 e. The predicted octanol–water partition coefficient (Wildman–Crippen LogP) is 4.72. The summed E-state index contributed by atoms with van der Waals surface area (Å²) in [5.41, 5.74) is 3.27. The van der Waals surface area contributed by atoms with Crippen molar-refractivity contribution in [2.75, 3.05) is 21.0 Å². The molecule has 0 atom stereocenters. The lowest BCUT2D eigenvalue weighted by atomic mass is 9.99. The minimum Gasteiger partial charge on any atom is -0.493 e. The van der Waals surface area contributed by atoms with E-state index in [9.17, 15) is 4.79 Å². The average Bonchev–Trinajstić information content (AvgIpc) is 3.43. The molecule has 0 bridgehead atoms. The van der Waals surface area contributed by atoms with Crippen LogP contribution in [0.15, 0.2) is 30.0 Å². The van der Waals surface area contributed by atoms with E-state index in [4.69, 9.17) is 18.9 Å². The lowest BCUT2D eigenvalue weighted by Crippen LogP contribution is -2.39. The summed E-state index contributed by atoms with van der Waals surface area (Å²) in [6.45, 7) is 3.37. The second kappa shape index (κ2) is 7.93. The molecule has 2 aliphatic heterocycles. The van der Waals surface area contributed by atoms with Crippen molar-refractivity contribution in [2.45, 2.75) is 45.2 Å².